The molecule has 1 heterocycles. The minimum Gasteiger partial charge on any atom is -0.393 e. The Kier molecular flexibility index (Phi) is 4.17. The SMILES string of the molecule is O=C1Nc2ccc(Cl)cc2C(c2ccccc2)=NC1(CO)CO. The van der Waals surface area contributed by atoms with Crippen molar-refractivity contribution in [1.82, 2.24) is 0 Å². The first-order chi connectivity index (χ1) is 11.1. The normalized spacial score (nSPS) is 16.1. The fourth-order valence-electron chi connectivity index (χ4n) is 2.47. The maximum absolute atomic E-state index is 12.5. The standard InChI is InChI=1S/C17H15ClN2O3/c18-12-6-7-14-13(8-12)15(11-4-2-1-3-5-11)20-17(9-21,10-22)16(23)19-14/h1-8,21-22H,9-10H2,(H,19,23). The van der Waals surface area contributed by atoms with Crippen molar-refractivity contribution in [3.63, 3.8) is 0 Å². The Bertz CT molecular complexity index is 771. The third-order valence-electron chi connectivity index (χ3n) is 3.80. The molecule has 0 fully saturated rings. The maximum Gasteiger partial charge on any atom is 0.257 e. The van der Waals surface area contributed by atoms with Gasteiger partial charge in [0.15, 0.2) is 5.54 Å². The number of nitrogens with one attached hydrogen (secondary N) is 1. The van der Waals surface area contributed by atoms with Crippen LogP contribution in [0.1, 0.15) is 11.1 Å². The minimum atomic E-state index is -1.64. The van der Waals surface area contributed by atoms with Crippen LogP contribution in [0.25, 0.3) is 0 Å². The second-order valence-corrected chi connectivity index (χ2v) is 5.75. The first-order valence-corrected chi connectivity index (χ1v) is 7.46. The van der Waals surface area contributed by atoms with E-state index in [-0.39, 0.29) is 0 Å². The molecular formula is C17H15ClN2O3. The van der Waals surface area contributed by atoms with E-state index in [1.54, 1.807) is 18.2 Å². The van der Waals surface area contributed by atoms with E-state index in [4.69, 9.17) is 11.6 Å². The van der Waals surface area contributed by atoms with Crippen molar-refractivity contribution in [1.29, 1.82) is 0 Å². The Hall–Kier alpha value is -2.21. The third-order valence-corrected chi connectivity index (χ3v) is 4.04. The lowest BCUT2D eigenvalue weighted by Crippen LogP contribution is -2.47. The van der Waals surface area contributed by atoms with Crippen molar-refractivity contribution in [3.05, 3.63) is 64.7 Å². The number of aliphatic hydroxyl groups excluding tert-OH is 2. The number of benzodiazepines with no additional fused rings is 1. The summed E-state index contributed by atoms with van der Waals surface area (Å²) in [6, 6.07) is 14.3. The molecule has 0 radical (unpaired) electrons. The summed E-state index contributed by atoms with van der Waals surface area (Å²) in [4.78, 5) is 16.9. The van der Waals surface area contributed by atoms with Gasteiger partial charge in [-0.3, -0.25) is 9.79 Å². The Morgan fingerprint density at radius 2 is 1.78 bits per heavy atom. The molecule has 3 N–H and O–H groups in total. The van der Waals surface area contributed by atoms with Crippen LogP contribution in [0, 0.1) is 0 Å². The zero-order valence-electron chi connectivity index (χ0n) is 12.2. The Labute approximate surface area is 138 Å². The molecule has 0 bridgehead atoms. The number of aliphatic imine (C=N–C) groups is 1. The smallest absolute Gasteiger partial charge is 0.257 e. The lowest BCUT2D eigenvalue weighted by atomic mass is 9.99. The van der Waals surface area contributed by atoms with E-state index < -0.39 is 24.7 Å². The number of hydrogen-bond donors (Lipinski definition) is 3. The molecule has 118 valence electrons. The molecule has 0 aliphatic carbocycles. The van der Waals surface area contributed by atoms with E-state index in [1.165, 1.54) is 0 Å². The van der Waals surface area contributed by atoms with Crippen LogP contribution in [0.2, 0.25) is 5.02 Å². The first-order valence-electron chi connectivity index (χ1n) is 7.08. The average Bonchev–Trinajstić information content (AvgIpc) is 2.70. The molecule has 1 aliphatic rings. The molecule has 2 aromatic carbocycles. The summed E-state index contributed by atoms with van der Waals surface area (Å²) in [5, 5.41) is 22.6. The quantitative estimate of drug-likeness (QED) is 0.803. The van der Waals surface area contributed by atoms with E-state index in [0.717, 1.165) is 5.56 Å². The number of carbonyl (C=O) groups is 1. The van der Waals surface area contributed by atoms with Crippen LogP contribution in [0.4, 0.5) is 5.69 Å². The fraction of sp³-hybridized carbons (Fsp3) is 0.176. The summed E-state index contributed by atoms with van der Waals surface area (Å²) >= 11 is 6.09. The molecular weight excluding hydrogens is 316 g/mol. The lowest BCUT2D eigenvalue weighted by molar-refractivity contribution is -0.123. The average molecular weight is 331 g/mol. The molecule has 6 heteroatoms. The highest BCUT2D eigenvalue weighted by molar-refractivity contribution is 6.32. The zero-order valence-corrected chi connectivity index (χ0v) is 12.9. The van der Waals surface area contributed by atoms with Crippen molar-refractivity contribution in [2.24, 2.45) is 4.99 Å². The number of aliphatic hydroxyl groups is 2. The number of nitrogens with zero attached hydrogens (tertiary/aromatic N) is 1. The second kappa shape index (κ2) is 6.12. The molecule has 0 spiro atoms. The van der Waals surface area contributed by atoms with Gasteiger partial charge in [0.1, 0.15) is 0 Å². The number of fused-ring (bicyclic) bond motifs is 1. The van der Waals surface area contributed by atoms with Crippen LogP contribution in [0.5, 0.6) is 0 Å². The topological polar surface area (TPSA) is 81.9 Å². The van der Waals surface area contributed by atoms with E-state index in [1.807, 2.05) is 30.3 Å². The number of hydrogen-bond acceptors (Lipinski definition) is 4. The van der Waals surface area contributed by atoms with Crippen molar-refractivity contribution < 1.29 is 15.0 Å². The van der Waals surface area contributed by atoms with Gasteiger partial charge in [0, 0.05) is 16.1 Å². The molecule has 0 aromatic heterocycles. The van der Waals surface area contributed by atoms with Gasteiger partial charge in [-0.1, -0.05) is 41.9 Å². The van der Waals surface area contributed by atoms with Crippen molar-refractivity contribution in [2.75, 3.05) is 18.5 Å². The molecule has 0 saturated carbocycles. The van der Waals surface area contributed by atoms with Gasteiger partial charge < -0.3 is 15.5 Å². The predicted octanol–water partition coefficient (Wildman–Crippen LogP) is 1.85. The summed E-state index contributed by atoms with van der Waals surface area (Å²) in [6.07, 6.45) is 0. The maximum atomic E-state index is 12.5. The van der Waals surface area contributed by atoms with Crippen LogP contribution in [-0.2, 0) is 4.79 Å². The fourth-order valence-corrected chi connectivity index (χ4v) is 2.64. The molecule has 23 heavy (non-hydrogen) atoms. The minimum absolute atomic E-state index is 0.490. The molecule has 3 rings (SSSR count). The Morgan fingerprint density at radius 3 is 2.43 bits per heavy atom. The molecule has 5 nitrogen and oxygen atoms in total. The van der Waals surface area contributed by atoms with Crippen LogP contribution < -0.4 is 5.32 Å². The van der Waals surface area contributed by atoms with Gasteiger partial charge in [-0.05, 0) is 18.2 Å². The molecule has 0 unspecified atom stereocenters. The van der Waals surface area contributed by atoms with Crippen LogP contribution in [0.15, 0.2) is 53.5 Å². The van der Waals surface area contributed by atoms with Gasteiger partial charge in [0.05, 0.1) is 24.6 Å². The Morgan fingerprint density at radius 1 is 1.09 bits per heavy atom. The van der Waals surface area contributed by atoms with Crippen molar-refractivity contribution in [3.8, 4) is 0 Å². The number of amides is 1. The van der Waals surface area contributed by atoms with E-state index in [0.29, 0.717) is 22.0 Å². The highest BCUT2D eigenvalue weighted by Gasteiger charge is 2.40. The number of anilines is 1. The van der Waals surface area contributed by atoms with Gasteiger partial charge in [0.2, 0.25) is 0 Å². The molecule has 0 saturated heterocycles. The number of rotatable bonds is 3. The summed E-state index contributed by atoms with van der Waals surface area (Å²) in [7, 11) is 0. The number of halogens is 1. The molecule has 0 atom stereocenters. The van der Waals surface area contributed by atoms with Gasteiger partial charge in [-0.25, -0.2) is 0 Å². The van der Waals surface area contributed by atoms with Crippen LogP contribution in [-0.4, -0.2) is 40.6 Å². The van der Waals surface area contributed by atoms with Gasteiger partial charge in [0.25, 0.3) is 5.91 Å². The van der Waals surface area contributed by atoms with Gasteiger partial charge in [-0.2, -0.15) is 0 Å². The summed E-state index contributed by atoms with van der Waals surface area (Å²) < 4.78 is 0. The third kappa shape index (κ3) is 2.74. The number of benzene rings is 2. The van der Waals surface area contributed by atoms with E-state index in [9.17, 15) is 15.0 Å². The van der Waals surface area contributed by atoms with E-state index in [2.05, 4.69) is 10.3 Å². The number of carbonyl (C=O) groups excluding carboxylic acids is 1. The summed E-state index contributed by atoms with van der Waals surface area (Å²) in [6.45, 7) is -1.21. The van der Waals surface area contributed by atoms with Crippen LogP contribution >= 0.6 is 11.6 Å². The first kappa shape index (κ1) is 15.7. The zero-order chi connectivity index (χ0) is 16.4. The van der Waals surface area contributed by atoms with E-state index >= 15 is 0 Å². The molecule has 2 aromatic rings. The molecule has 1 aliphatic heterocycles. The summed E-state index contributed by atoms with van der Waals surface area (Å²) in [5.41, 5.74) is 0.784. The Balaban J connectivity index is 2.29. The molecule has 1 amide bonds. The monoisotopic (exact) mass is 330 g/mol. The largest absolute Gasteiger partial charge is 0.393 e. The van der Waals surface area contributed by atoms with Gasteiger partial charge in [-0.15, -0.1) is 0 Å². The van der Waals surface area contributed by atoms with Crippen molar-refractivity contribution in [2.45, 2.75) is 5.54 Å². The second-order valence-electron chi connectivity index (χ2n) is 5.32. The predicted molar refractivity (Wildman–Crippen MR) is 89.1 cm³/mol. The summed E-state index contributed by atoms with van der Waals surface area (Å²) in [5.74, 6) is -0.558. The lowest BCUT2D eigenvalue weighted by Gasteiger charge is -2.22. The highest BCUT2D eigenvalue weighted by atomic mass is 35.5. The highest BCUT2D eigenvalue weighted by Crippen LogP contribution is 2.30. The van der Waals surface area contributed by atoms with Crippen LogP contribution in [0.3, 0.4) is 0 Å². The van der Waals surface area contributed by atoms with Gasteiger partial charge >= 0.3 is 0 Å². The van der Waals surface area contributed by atoms with Crippen molar-refractivity contribution >= 4 is 28.9 Å².